The van der Waals surface area contributed by atoms with Crippen molar-refractivity contribution in [3.8, 4) is 17.2 Å². The Morgan fingerprint density at radius 1 is 0.762 bits per heavy atom. The van der Waals surface area contributed by atoms with Gasteiger partial charge in [0.15, 0.2) is 0 Å². The molecule has 0 saturated carbocycles. The summed E-state index contributed by atoms with van der Waals surface area (Å²) in [4.78, 5) is 0. The summed E-state index contributed by atoms with van der Waals surface area (Å²) in [5.41, 5.74) is 2.14. The first kappa shape index (κ1) is 13.8. The van der Waals surface area contributed by atoms with Crippen LogP contribution in [0.5, 0.6) is 17.2 Å². The molecule has 1 fully saturated rings. The van der Waals surface area contributed by atoms with E-state index in [0.717, 1.165) is 28.4 Å². The molecule has 0 amide bonds. The van der Waals surface area contributed by atoms with Crippen LogP contribution in [0, 0.1) is 0 Å². The van der Waals surface area contributed by atoms with Crippen molar-refractivity contribution in [2.24, 2.45) is 0 Å². The molecule has 1 aliphatic rings. The van der Waals surface area contributed by atoms with Gasteiger partial charge in [-0.15, -0.1) is 0 Å². The van der Waals surface area contributed by atoms with Crippen molar-refractivity contribution < 1.29 is 18.9 Å². The number of hydrogen-bond acceptors (Lipinski definition) is 4. The lowest BCUT2D eigenvalue weighted by Crippen LogP contribution is -1.93. The zero-order valence-electron chi connectivity index (χ0n) is 12.3. The Labute approximate surface area is 124 Å². The van der Waals surface area contributed by atoms with Gasteiger partial charge < -0.3 is 18.9 Å². The van der Waals surface area contributed by atoms with Crippen LogP contribution in [-0.4, -0.2) is 21.3 Å². The van der Waals surface area contributed by atoms with Gasteiger partial charge in [0.2, 0.25) is 0 Å². The Kier molecular flexibility index (Phi) is 3.71. The molecule has 2 aromatic carbocycles. The maximum absolute atomic E-state index is 5.83. The van der Waals surface area contributed by atoms with Gasteiger partial charge in [-0.1, -0.05) is 12.1 Å². The lowest BCUT2D eigenvalue weighted by molar-refractivity contribution is 0.361. The SMILES string of the molecule is COc1ccc(C2OC2c2cc(OC)ccc2OC)cc1. The van der Waals surface area contributed by atoms with Gasteiger partial charge in [-0.3, -0.25) is 0 Å². The molecule has 4 heteroatoms. The molecule has 0 aromatic heterocycles. The number of rotatable bonds is 5. The molecule has 1 saturated heterocycles. The molecule has 21 heavy (non-hydrogen) atoms. The molecule has 0 bridgehead atoms. The van der Waals surface area contributed by atoms with Crippen LogP contribution in [0.2, 0.25) is 0 Å². The largest absolute Gasteiger partial charge is 0.497 e. The highest BCUT2D eigenvalue weighted by Crippen LogP contribution is 2.53. The van der Waals surface area contributed by atoms with Gasteiger partial charge in [-0.2, -0.15) is 0 Å². The molecule has 2 atom stereocenters. The monoisotopic (exact) mass is 286 g/mol. The van der Waals surface area contributed by atoms with Crippen LogP contribution in [0.1, 0.15) is 23.3 Å². The Bertz CT molecular complexity index is 621. The molecule has 1 aliphatic heterocycles. The van der Waals surface area contributed by atoms with Gasteiger partial charge >= 0.3 is 0 Å². The van der Waals surface area contributed by atoms with E-state index in [4.69, 9.17) is 18.9 Å². The quantitative estimate of drug-likeness (QED) is 0.788. The Morgan fingerprint density at radius 3 is 2.05 bits per heavy atom. The van der Waals surface area contributed by atoms with Crippen molar-refractivity contribution in [3.05, 3.63) is 53.6 Å². The second-order valence-electron chi connectivity index (χ2n) is 4.86. The highest BCUT2D eigenvalue weighted by Gasteiger charge is 2.43. The van der Waals surface area contributed by atoms with Crippen LogP contribution in [-0.2, 0) is 4.74 Å². The molecule has 0 aliphatic carbocycles. The van der Waals surface area contributed by atoms with Crippen LogP contribution >= 0.6 is 0 Å². The van der Waals surface area contributed by atoms with Crippen LogP contribution in [0.4, 0.5) is 0 Å². The fourth-order valence-corrected chi connectivity index (χ4v) is 2.46. The molecular formula is C17H18O4. The van der Waals surface area contributed by atoms with Crippen LogP contribution < -0.4 is 14.2 Å². The average molecular weight is 286 g/mol. The number of methoxy groups -OCH3 is 3. The van der Waals surface area contributed by atoms with E-state index in [0.29, 0.717) is 0 Å². The molecule has 4 nitrogen and oxygen atoms in total. The van der Waals surface area contributed by atoms with Crippen molar-refractivity contribution in [3.63, 3.8) is 0 Å². The van der Waals surface area contributed by atoms with Gasteiger partial charge in [0.1, 0.15) is 29.5 Å². The summed E-state index contributed by atoms with van der Waals surface area (Å²) in [6.45, 7) is 0. The molecular weight excluding hydrogens is 268 g/mol. The summed E-state index contributed by atoms with van der Waals surface area (Å²) < 4.78 is 21.7. The predicted octanol–water partition coefficient (Wildman–Crippen LogP) is 3.53. The summed E-state index contributed by atoms with van der Waals surface area (Å²) >= 11 is 0. The standard InChI is InChI=1S/C17H18O4/c1-18-12-6-4-11(5-7-12)16-17(21-16)14-10-13(19-2)8-9-15(14)20-3/h4-10,16-17H,1-3H3. The Balaban J connectivity index is 1.83. The molecule has 110 valence electrons. The van der Waals surface area contributed by atoms with E-state index in [1.165, 1.54) is 0 Å². The van der Waals surface area contributed by atoms with Crippen molar-refractivity contribution in [1.29, 1.82) is 0 Å². The fraction of sp³-hybridized carbons (Fsp3) is 0.294. The van der Waals surface area contributed by atoms with E-state index in [1.54, 1.807) is 21.3 Å². The topological polar surface area (TPSA) is 40.2 Å². The third-order valence-electron chi connectivity index (χ3n) is 3.68. The van der Waals surface area contributed by atoms with E-state index < -0.39 is 0 Å². The van der Waals surface area contributed by atoms with Gasteiger partial charge in [0.25, 0.3) is 0 Å². The van der Waals surface area contributed by atoms with E-state index in [2.05, 4.69) is 0 Å². The smallest absolute Gasteiger partial charge is 0.125 e. The fourth-order valence-electron chi connectivity index (χ4n) is 2.46. The van der Waals surface area contributed by atoms with Crippen molar-refractivity contribution >= 4 is 0 Å². The molecule has 3 rings (SSSR count). The first-order valence-electron chi connectivity index (χ1n) is 6.78. The zero-order valence-corrected chi connectivity index (χ0v) is 12.3. The third kappa shape index (κ3) is 2.67. The molecule has 2 unspecified atom stereocenters. The summed E-state index contributed by atoms with van der Waals surface area (Å²) in [7, 11) is 4.98. The molecule has 1 heterocycles. The Hall–Kier alpha value is -2.20. The molecule has 0 spiro atoms. The van der Waals surface area contributed by atoms with Crippen LogP contribution in [0.15, 0.2) is 42.5 Å². The number of epoxide rings is 1. The minimum absolute atomic E-state index is 0.00319. The number of hydrogen-bond donors (Lipinski definition) is 0. The first-order valence-corrected chi connectivity index (χ1v) is 6.78. The molecule has 2 aromatic rings. The second-order valence-corrected chi connectivity index (χ2v) is 4.86. The predicted molar refractivity (Wildman–Crippen MR) is 79.1 cm³/mol. The highest BCUT2D eigenvalue weighted by atomic mass is 16.6. The van der Waals surface area contributed by atoms with E-state index in [1.807, 2.05) is 42.5 Å². The summed E-state index contributed by atoms with van der Waals surface area (Å²) in [6, 6.07) is 13.7. The van der Waals surface area contributed by atoms with Crippen LogP contribution in [0.25, 0.3) is 0 Å². The summed E-state index contributed by atoms with van der Waals surface area (Å²) in [6.07, 6.45) is 0.0559. The summed E-state index contributed by atoms with van der Waals surface area (Å²) in [5.74, 6) is 2.46. The number of benzene rings is 2. The second kappa shape index (κ2) is 5.66. The lowest BCUT2D eigenvalue weighted by atomic mass is 10.0. The molecule has 0 N–H and O–H groups in total. The van der Waals surface area contributed by atoms with Crippen molar-refractivity contribution in [2.45, 2.75) is 12.2 Å². The normalized spacial score (nSPS) is 20.0. The average Bonchev–Trinajstić information content (AvgIpc) is 3.34. The van der Waals surface area contributed by atoms with Gasteiger partial charge in [-0.25, -0.2) is 0 Å². The highest BCUT2D eigenvalue weighted by molar-refractivity contribution is 5.45. The minimum Gasteiger partial charge on any atom is -0.497 e. The van der Waals surface area contributed by atoms with Crippen LogP contribution in [0.3, 0.4) is 0 Å². The van der Waals surface area contributed by atoms with Crippen molar-refractivity contribution in [1.82, 2.24) is 0 Å². The lowest BCUT2D eigenvalue weighted by Gasteiger charge is -2.08. The summed E-state index contributed by atoms with van der Waals surface area (Å²) in [5, 5.41) is 0. The van der Waals surface area contributed by atoms with Gasteiger partial charge in [0.05, 0.1) is 21.3 Å². The van der Waals surface area contributed by atoms with Gasteiger partial charge in [-0.05, 0) is 35.9 Å². The number of ether oxygens (including phenoxy) is 4. The van der Waals surface area contributed by atoms with E-state index in [9.17, 15) is 0 Å². The maximum atomic E-state index is 5.83. The minimum atomic E-state index is 0.00319. The first-order chi connectivity index (χ1) is 10.3. The maximum Gasteiger partial charge on any atom is 0.125 e. The molecule has 0 radical (unpaired) electrons. The van der Waals surface area contributed by atoms with Gasteiger partial charge in [0, 0.05) is 5.56 Å². The van der Waals surface area contributed by atoms with E-state index in [-0.39, 0.29) is 12.2 Å². The van der Waals surface area contributed by atoms with E-state index >= 15 is 0 Å². The van der Waals surface area contributed by atoms with Crippen molar-refractivity contribution in [2.75, 3.05) is 21.3 Å². The Morgan fingerprint density at radius 2 is 1.43 bits per heavy atom. The zero-order chi connectivity index (χ0) is 14.8. The third-order valence-corrected chi connectivity index (χ3v) is 3.68.